The van der Waals surface area contributed by atoms with Gasteiger partial charge < -0.3 is 5.32 Å². The maximum atomic E-state index is 13.5. The van der Waals surface area contributed by atoms with Gasteiger partial charge in [-0.3, -0.25) is 4.98 Å². The van der Waals surface area contributed by atoms with Crippen LogP contribution in [0.2, 0.25) is 0 Å². The van der Waals surface area contributed by atoms with E-state index in [0.29, 0.717) is 0 Å². The van der Waals surface area contributed by atoms with E-state index in [4.69, 9.17) is 0 Å². The molecule has 1 unspecified atom stereocenters. The maximum absolute atomic E-state index is 13.5. The number of nitrogens with one attached hydrogen (secondary N) is 1. The second kappa shape index (κ2) is 6.26. The highest BCUT2D eigenvalue weighted by Crippen LogP contribution is 2.25. The average Bonchev–Trinajstić information content (AvgIpc) is 2.36. The van der Waals surface area contributed by atoms with Gasteiger partial charge >= 0.3 is 0 Å². The number of hydrogen-bond donors (Lipinski definition) is 1. The van der Waals surface area contributed by atoms with Crippen LogP contribution in [0.15, 0.2) is 41.0 Å². The third-order valence-electron chi connectivity index (χ3n) is 2.89. The SMILES string of the molecule is CCNC(c1ccc(C)nc1)c1cc(F)cc(Br)c1. The molecule has 1 N–H and O–H groups in total. The van der Waals surface area contributed by atoms with E-state index in [1.54, 1.807) is 6.07 Å². The minimum atomic E-state index is -0.243. The molecule has 1 heterocycles. The quantitative estimate of drug-likeness (QED) is 0.920. The summed E-state index contributed by atoms with van der Waals surface area (Å²) in [6, 6.07) is 8.88. The van der Waals surface area contributed by atoms with E-state index >= 15 is 0 Å². The van der Waals surface area contributed by atoms with Crippen molar-refractivity contribution in [1.82, 2.24) is 10.3 Å². The van der Waals surface area contributed by atoms with Gasteiger partial charge in [-0.1, -0.05) is 28.9 Å². The van der Waals surface area contributed by atoms with Crippen molar-refractivity contribution in [2.24, 2.45) is 0 Å². The van der Waals surface area contributed by atoms with Gasteiger partial charge in [-0.05, 0) is 48.9 Å². The van der Waals surface area contributed by atoms with Crippen LogP contribution < -0.4 is 5.32 Å². The fourth-order valence-electron chi connectivity index (χ4n) is 2.02. The lowest BCUT2D eigenvalue weighted by molar-refractivity contribution is 0.601. The molecule has 0 fully saturated rings. The van der Waals surface area contributed by atoms with E-state index in [1.807, 2.05) is 38.2 Å². The fourth-order valence-corrected chi connectivity index (χ4v) is 2.51. The summed E-state index contributed by atoms with van der Waals surface area (Å²) in [6.07, 6.45) is 1.83. The summed E-state index contributed by atoms with van der Waals surface area (Å²) in [6.45, 7) is 4.78. The number of rotatable bonds is 4. The highest BCUT2D eigenvalue weighted by Gasteiger charge is 2.14. The molecule has 0 aliphatic carbocycles. The summed E-state index contributed by atoms with van der Waals surface area (Å²) in [5, 5.41) is 3.36. The summed E-state index contributed by atoms with van der Waals surface area (Å²) in [5.41, 5.74) is 2.89. The Labute approximate surface area is 121 Å². The molecule has 0 aliphatic heterocycles. The largest absolute Gasteiger partial charge is 0.306 e. The molecule has 0 saturated heterocycles. The minimum Gasteiger partial charge on any atom is -0.306 e. The molecule has 0 aliphatic rings. The van der Waals surface area contributed by atoms with Gasteiger partial charge in [0, 0.05) is 16.4 Å². The van der Waals surface area contributed by atoms with Crippen molar-refractivity contribution < 1.29 is 4.39 Å². The average molecular weight is 323 g/mol. The minimum absolute atomic E-state index is 0.0508. The third-order valence-corrected chi connectivity index (χ3v) is 3.35. The third kappa shape index (κ3) is 3.61. The summed E-state index contributed by atoms with van der Waals surface area (Å²) >= 11 is 3.33. The first-order valence-electron chi connectivity index (χ1n) is 6.22. The van der Waals surface area contributed by atoms with Gasteiger partial charge in [0.15, 0.2) is 0 Å². The Kier molecular flexibility index (Phi) is 4.66. The van der Waals surface area contributed by atoms with Crippen LogP contribution in [0.5, 0.6) is 0 Å². The molecular formula is C15H16BrFN2. The zero-order valence-electron chi connectivity index (χ0n) is 11.0. The molecule has 0 amide bonds. The first kappa shape index (κ1) is 14.2. The van der Waals surface area contributed by atoms with Crippen LogP contribution in [0.1, 0.15) is 29.8 Å². The van der Waals surface area contributed by atoms with Gasteiger partial charge in [-0.2, -0.15) is 0 Å². The second-order valence-electron chi connectivity index (χ2n) is 4.43. The highest BCUT2D eigenvalue weighted by atomic mass is 79.9. The molecule has 19 heavy (non-hydrogen) atoms. The zero-order valence-corrected chi connectivity index (χ0v) is 12.5. The highest BCUT2D eigenvalue weighted by molar-refractivity contribution is 9.10. The first-order chi connectivity index (χ1) is 9.10. The molecule has 2 nitrogen and oxygen atoms in total. The topological polar surface area (TPSA) is 24.9 Å². The molecule has 1 aromatic heterocycles. The van der Waals surface area contributed by atoms with Crippen molar-refractivity contribution in [3.05, 3.63) is 63.6 Å². The lowest BCUT2D eigenvalue weighted by Crippen LogP contribution is -2.22. The van der Waals surface area contributed by atoms with E-state index in [2.05, 4.69) is 26.2 Å². The van der Waals surface area contributed by atoms with Gasteiger partial charge in [0.05, 0.1) is 6.04 Å². The van der Waals surface area contributed by atoms with Gasteiger partial charge in [-0.15, -0.1) is 0 Å². The maximum Gasteiger partial charge on any atom is 0.124 e. The molecule has 2 aromatic rings. The van der Waals surface area contributed by atoms with Crippen molar-refractivity contribution in [3.8, 4) is 0 Å². The smallest absolute Gasteiger partial charge is 0.124 e. The predicted octanol–water partition coefficient (Wildman–Crippen LogP) is 3.99. The van der Waals surface area contributed by atoms with E-state index in [1.165, 1.54) is 6.07 Å². The summed E-state index contributed by atoms with van der Waals surface area (Å²) in [5.74, 6) is -0.243. The number of benzene rings is 1. The molecule has 1 atom stereocenters. The summed E-state index contributed by atoms with van der Waals surface area (Å²) < 4.78 is 14.3. The molecule has 0 saturated carbocycles. The number of pyridine rings is 1. The summed E-state index contributed by atoms with van der Waals surface area (Å²) in [4.78, 5) is 4.31. The van der Waals surface area contributed by atoms with E-state index in [0.717, 1.165) is 27.8 Å². The molecule has 0 bridgehead atoms. The van der Waals surface area contributed by atoms with Crippen LogP contribution in [0, 0.1) is 12.7 Å². The number of halogens is 2. The van der Waals surface area contributed by atoms with E-state index in [-0.39, 0.29) is 11.9 Å². The van der Waals surface area contributed by atoms with Crippen LogP contribution in [0.4, 0.5) is 4.39 Å². The molecule has 4 heteroatoms. The monoisotopic (exact) mass is 322 g/mol. The number of aryl methyl sites for hydroxylation is 1. The Hall–Kier alpha value is -1.26. The predicted molar refractivity (Wildman–Crippen MR) is 78.6 cm³/mol. The van der Waals surface area contributed by atoms with Crippen LogP contribution >= 0.6 is 15.9 Å². The van der Waals surface area contributed by atoms with Crippen LogP contribution in [0.3, 0.4) is 0 Å². The van der Waals surface area contributed by atoms with Crippen molar-refractivity contribution in [2.75, 3.05) is 6.54 Å². The number of nitrogens with zero attached hydrogens (tertiary/aromatic N) is 1. The Bertz CT molecular complexity index is 534. The molecule has 2 rings (SSSR count). The van der Waals surface area contributed by atoms with Crippen LogP contribution in [-0.4, -0.2) is 11.5 Å². The lowest BCUT2D eigenvalue weighted by Gasteiger charge is -2.19. The van der Waals surface area contributed by atoms with Gasteiger partial charge in [0.25, 0.3) is 0 Å². The number of aromatic nitrogens is 1. The van der Waals surface area contributed by atoms with E-state index in [9.17, 15) is 4.39 Å². The standard InChI is InChI=1S/C15H16BrFN2/c1-3-18-15(11-5-4-10(2)19-9-11)12-6-13(16)8-14(17)7-12/h4-9,15,18H,3H2,1-2H3. The molecule has 0 radical (unpaired) electrons. The van der Waals surface area contributed by atoms with E-state index < -0.39 is 0 Å². The number of hydrogen-bond acceptors (Lipinski definition) is 2. The fraction of sp³-hybridized carbons (Fsp3) is 0.267. The van der Waals surface area contributed by atoms with Crippen molar-refractivity contribution in [1.29, 1.82) is 0 Å². The lowest BCUT2D eigenvalue weighted by atomic mass is 10.00. The van der Waals surface area contributed by atoms with Crippen LogP contribution in [0.25, 0.3) is 0 Å². The van der Waals surface area contributed by atoms with Crippen molar-refractivity contribution >= 4 is 15.9 Å². The Morgan fingerprint density at radius 3 is 2.63 bits per heavy atom. The van der Waals surface area contributed by atoms with Gasteiger partial charge in [0.2, 0.25) is 0 Å². The molecular weight excluding hydrogens is 307 g/mol. The van der Waals surface area contributed by atoms with Crippen molar-refractivity contribution in [3.63, 3.8) is 0 Å². The molecule has 0 spiro atoms. The zero-order chi connectivity index (χ0) is 13.8. The van der Waals surface area contributed by atoms with Gasteiger partial charge in [-0.25, -0.2) is 4.39 Å². The second-order valence-corrected chi connectivity index (χ2v) is 5.34. The molecule has 1 aromatic carbocycles. The Morgan fingerprint density at radius 2 is 2.05 bits per heavy atom. The first-order valence-corrected chi connectivity index (χ1v) is 7.01. The van der Waals surface area contributed by atoms with Crippen molar-refractivity contribution in [2.45, 2.75) is 19.9 Å². The summed E-state index contributed by atoms with van der Waals surface area (Å²) in [7, 11) is 0. The Balaban J connectivity index is 2.41. The molecule has 100 valence electrons. The Morgan fingerprint density at radius 1 is 1.26 bits per heavy atom. The van der Waals surface area contributed by atoms with Gasteiger partial charge in [0.1, 0.15) is 5.82 Å². The normalized spacial score (nSPS) is 12.4. The van der Waals surface area contributed by atoms with Crippen LogP contribution in [-0.2, 0) is 0 Å².